The number of benzene rings is 3. The zero-order valence-electron chi connectivity index (χ0n) is 17.9. The summed E-state index contributed by atoms with van der Waals surface area (Å²) in [7, 11) is 0. The Morgan fingerprint density at radius 1 is 0.879 bits per heavy atom. The molecule has 1 saturated carbocycles. The number of halogens is 2. The number of hydrogen-bond donors (Lipinski definition) is 0. The summed E-state index contributed by atoms with van der Waals surface area (Å²) in [5.41, 5.74) is 1.59. The van der Waals surface area contributed by atoms with Crippen molar-refractivity contribution in [3.05, 3.63) is 111 Å². The molecule has 5 rings (SSSR count). The molecular weight excluding hydrogens is 455 g/mol. The van der Waals surface area contributed by atoms with Crippen molar-refractivity contribution in [3.63, 3.8) is 0 Å². The van der Waals surface area contributed by atoms with Crippen molar-refractivity contribution in [2.45, 2.75) is 31.6 Å². The van der Waals surface area contributed by atoms with Crippen molar-refractivity contribution in [2.75, 3.05) is 0 Å². The molecule has 0 bridgehead atoms. The van der Waals surface area contributed by atoms with Crippen LogP contribution in [0.4, 0.5) is 0 Å². The van der Waals surface area contributed by atoms with Crippen molar-refractivity contribution in [1.29, 1.82) is 0 Å². The highest BCUT2D eigenvalue weighted by molar-refractivity contribution is 6.35. The summed E-state index contributed by atoms with van der Waals surface area (Å²) >= 11 is 12.9. The van der Waals surface area contributed by atoms with Gasteiger partial charge in [-0.1, -0.05) is 103 Å². The van der Waals surface area contributed by atoms with Gasteiger partial charge < -0.3 is 4.74 Å². The van der Waals surface area contributed by atoms with Crippen LogP contribution in [0.3, 0.4) is 0 Å². The summed E-state index contributed by atoms with van der Waals surface area (Å²) in [4.78, 5) is 27.7. The Bertz CT molecular complexity index is 1240. The topological polar surface area (TPSA) is 43.4 Å². The van der Waals surface area contributed by atoms with Crippen LogP contribution in [-0.4, -0.2) is 11.8 Å². The Hall–Kier alpha value is -2.88. The van der Waals surface area contributed by atoms with Gasteiger partial charge in [0.25, 0.3) is 0 Å². The monoisotopic (exact) mass is 476 g/mol. The third-order valence-corrected chi connectivity index (χ3v) is 7.34. The maximum absolute atomic E-state index is 14.1. The first kappa shape index (κ1) is 21.9. The fourth-order valence-electron chi connectivity index (χ4n) is 5.25. The van der Waals surface area contributed by atoms with Crippen molar-refractivity contribution < 1.29 is 14.3 Å². The Labute approximate surface area is 203 Å². The molecule has 0 saturated heterocycles. The zero-order valence-corrected chi connectivity index (χ0v) is 19.4. The molecule has 2 aliphatic rings. The average molecular weight is 477 g/mol. The molecule has 1 spiro atoms. The van der Waals surface area contributed by atoms with Crippen molar-refractivity contribution in [2.24, 2.45) is 5.41 Å². The van der Waals surface area contributed by atoms with Gasteiger partial charge in [-0.05, 0) is 30.5 Å². The number of cyclic esters (lactones) is 1. The van der Waals surface area contributed by atoms with E-state index in [1.54, 1.807) is 24.3 Å². The number of hydrogen-bond acceptors (Lipinski definition) is 3. The molecule has 1 unspecified atom stereocenters. The summed E-state index contributed by atoms with van der Waals surface area (Å²) in [6.07, 6.45) is 3.07. The number of Topliss-reactive ketones (excluding diaryl/α,β-unsaturated/α-hetero) is 1. The van der Waals surface area contributed by atoms with E-state index in [4.69, 9.17) is 27.9 Å². The standard InChI is InChI=1S/C28H22Cl2O3/c29-20-13-14-21(22(30)17-20)24-23(25(31)18-9-3-1-4-10-18)26(19-11-5-2-6-12-19)33-27(32)28(24)15-7-8-16-28/h1-6,9-14,17,24H,7-8,15-16H2. The number of rotatable bonds is 4. The number of allylic oxidation sites excluding steroid dienone is 1. The Morgan fingerprint density at radius 3 is 2.15 bits per heavy atom. The molecule has 0 radical (unpaired) electrons. The second kappa shape index (κ2) is 8.81. The van der Waals surface area contributed by atoms with Crippen LogP contribution in [0.2, 0.25) is 10.0 Å². The Balaban J connectivity index is 1.83. The maximum Gasteiger partial charge on any atom is 0.318 e. The SMILES string of the molecule is O=C(C1=C(c2ccccc2)OC(=O)C2(CCCC2)C1c1ccc(Cl)cc1Cl)c1ccccc1. The number of ether oxygens (including phenoxy) is 1. The first-order valence-corrected chi connectivity index (χ1v) is 11.8. The van der Waals surface area contributed by atoms with Gasteiger partial charge in [0.15, 0.2) is 5.78 Å². The summed E-state index contributed by atoms with van der Waals surface area (Å²) < 4.78 is 6.03. The number of carbonyl (C=O) groups excluding carboxylic acids is 2. The molecule has 1 atom stereocenters. The normalized spacial score (nSPS) is 19.6. The van der Waals surface area contributed by atoms with Gasteiger partial charge in [0.2, 0.25) is 0 Å². The largest absolute Gasteiger partial charge is 0.425 e. The fourth-order valence-corrected chi connectivity index (χ4v) is 5.76. The molecular formula is C28H22Cl2O3. The lowest BCUT2D eigenvalue weighted by Crippen LogP contribution is -2.42. The third-order valence-electron chi connectivity index (χ3n) is 6.77. The predicted molar refractivity (Wildman–Crippen MR) is 130 cm³/mol. The molecule has 0 amide bonds. The van der Waals surface area contributed by atoms with E-state index in [0.717, 1.165) is 18.4 Å². The number of esters is 1. The van der Waals surface area contributed by atoms with Crippen molar-refractivity contribution in [1.82, 2.24) is 0 Å². The minimum Gasteiger partial charge on any atom is -0.425 e. The highest BCUT2D eigenvalue weighted by Crippen LogP contribution is 2.58. The first-order valence-electron chi connectivity index (χ1n) is 11.1. The van der Waals surface area contributed by atoms with E-state index in [1.807, 2.05) is 54.6 Å². The van der Waals surface area contributed by atoms with Crippen LogP contribution in [-0.2, 0) is 9.53 Å². The van der Waals surface area contributed by atoms with Gasteiger partial charge in [-0.25, -0.2) is 0 Å². The van der Waals surface area contributed by atoms with Gasteiger partial charge in [-0.15, -0.1) is 0 Å². The lowest BCUT2D eigenvalue weighted by molar-refractivity contribution is -0.150. The summed E-state index contributed by atoms with van der Waals surface area (Å²) in [5, 5.41) is 0.949. The highest BCUT2D eigenvalue weighted by Gasteiger charge is 2.56. The van der Waals surface area contributed by atoms with Crippen LogP contribution in [0.5, 0.6) is 0 Å². The van der Waals surface area contributed by atoms with Gasteiger partial charge in [0, 0.05) is 27.1 Å². The van der Waals surface area contributed by atoms with E-state index in [0.29, 0.717) is 45.3 Å². The second-order valence-electron chi connectivity index (χ2n) is 8.66. The second-order valence-corrected chi connectivity index (χ2v) is 9.50. The molecule has 5 heteroatoms. The molecule has 1 heterocycles. The van der Waals surface area contributed by atoms with Crippen molar-refractivity contribution in [3.8, 4) is 0 Å². The lowest BCUT2D eigenvalue weighted by Gasteiger charge is -2.41. The minimum atomic E-state index is -0.838. The zero-order chi connectivity index (χ0) is 23.0. The van der Waals surface area contributed by atoms with E-state index in [2.05, 4.69) is 0 Å². The van der Waals surface area contributed by atoms with E-state index >= 15 is 0 Å². The Morgan fingerprint density at radius 2 is 1.52 bits per heavy atom. The quantitative estimate of drug-likeness (QED) is 0.289. The fraction of sp³-hybridized carbons (Fsp3) is 0.214. The summed E-state index contributed by atoms with van der Waals surface area (Å²) in [6, 6.07) is 23.7. The first-order chi connectivity index (χ1) is 16.0. The third kappa shape index (κ3) is 3.80. The average Bonchev–Trinajstić information content (AvgIpc) is 3.32. The predicted octanol–water partition coefficient (Wildman–Crippen LogP) is 7.49. The highest BCUT2D eigenvalue weighted by atomic mass is 35.5. The van der Waals surface area contributed by atoms with Crippen LogP contribution in [0.15, 0.2) is 84.4 Å². The molecule has 3 aromatic rings. The molecule has 3 aromatic carbocycles. The summed E-state index contributed by atoms with van der Waals surface area (Å²) in [6.45, 7) is 0. The minimum absolute atomic E-state index is 0.163. The van der Waals surface area contributed by atoms with Gasteiger partial charge >= 0.3 is 5.97 Å². The molecule has 1 aliphatic heterocycles. The number of ketones is 1. The molecule has 33 heavy (non-hydrogen) atoms. The van der Waals surface area contributed by atoms with E-state index < -0.39 is 11.3 Å². The van der Waals surface area contributed by atoms with E-state index in [9.17, 15) is 9.59 Å². The maximum atomic E-state index is 14.1. The summed E-state index contributed by atoms with van der Waals surface area (Å²) in [5.74, 6) is -0.680. The van der Waals surface area contributed by atoms with Crippen LogP contribution in [0, 0.1) is 5.41 Å². The van der Waals surface area contributed by atoms with E-state index in [-0.39, 0.29) is 11.8 Å². The van der Waals surface area contributed by atoms with Gasteiger partial charge in [-0.2, -0.15) is 0 Å². The Kier molecular flexibility index (Phi) is 5.86. The molecule has 0 N–H and O–H groups in total. The molecule has 1 fully saturated rings. The van der Waals surface area contributed by atoms with Gasteiger partial charge in [-0.3, -0.25) is 9.59 Å². The van der Waals surface area contributed by atoms with Crippen LogP contribution in [0.1, 0.15) is 53.1 Å². The molecule has 166 valence electrons. The number of carbonyl (C=O) groups is 2. The smallest absolute Gasteiger partial charge is 0.318 e. The molecule has 3 nitrogen and oxygen atoms in total. The van der Waals surface area contributed by atoms with Crippen molar-refractivity contribution >= 4 is 40.7 Å². The van der Waals surface area contributed by atoms with Gasteiger partial charge in [0.1, 0.15) is 5.76 Å². The molecule has 1 aliphatic carbocycles. The van der Waals surface area contributed by atoms with Crippen LogP contribution < -0.4 is 0 Å². The lowest BCUT2D eigenvalue weighted by atomic mass is 9.64. The van der Waals surface area contributed by atoms with E-state index in [1.165, 1.54) is 0 Å². The molecule has 0 aromatic heterocycles. The van der Waals surface area contributed by atoms with Crippen LogP contribution in [0.25, 0.3) is 5.76 Å². The van der Waals surface area contributed by atoms with Gasteiger partial charge in [0.05, 0.1) is 11.0 Å². The van der Waals surface area contributed by atoms with Crippen LogP contribution >= 0.6 is 23.2 Å².